The largest absolute Gasteiger partial charge is 0.392 e. The summed E-state index contributed by atoms with van der Waals surface area (Å²) in [5.41, 5.74) is -0.177. The lowest BCUT2D eigenvalue weighted by molar-refractivity contribution is 0.00702. The number of nitrogens with one attached hydrogen (secondary N) is 1. The summed E-state index contributed by atoms with van der Waals surface area (Å²) in [5.74, 6) is 1.04. The molecule has 0 aromatic rings. The van der Waals surface area contributed by atoms with Gasteiger partial charge in [0, 0.05) is 25.0 Å². The van der Waals surface area contributed by atoms with Crippen molar-refractivity contribution < 1.29 is 13.5 Å². The highest BCUT2D eigenvalue weighted by Crippen LogP contribution is 2.39. The Morgan fingerprint density at radius 3 is 2.56 bits per heavy atom. The van der Waals surface area contributed by atoms with Gasteiger partial charge in [-0.15, -0.1) is 0 Å². The van der Waals surface area contributed by atoms with Gasteiger partial charge < -0.3 is 15.3 Å². The second-order valence-corrected chi connectivity index (χ2v) is 11.6. The highest BCUT2D eigenvalue weighted by molar-refractivity contribution is 7.92. The minimum Gasteiger partial charge on any atom is -0.392 e. The molecule has 2 saturated carbocycles. The van der Waals surface area contributed by atoms with Gasteiger partial charge in [0.15, 0.2) is 15.8 Å². The zero-order valence-electron chi connectivity index (χ0n) is 17.0. The van der Waals surface area contributed by atoms with Crippen LogP contribution in [0.2, 0.25) is 0 Å². The van der Waals surface area contributed by atoms with Crippen molar-refractivity contribution in [2.24, 2.45) is 10.4 Å². The van der Waals surface area contributed by atoms with E-state index in [1.54, 1.807) is 0 Å². The average Bonchev–Trinajstić information content (AvgIpc) is 2.65. The first-order valence-electron chi connectivity index (χ1n) is 10.8. The summed E-state index contributed by atoms with van der Waals surface area (Å²) in [7, 11) is -3.05. The summed E-state index contributed by atoms with van der Waals surface area (Å²) in [6, 6.07) is 0. The number of hydrogen-bond acceptors (Lipinski definition) is 4. The number of aliphatic hydroxyl groups is 1. The summed E-state index contributed by atoms with van der Waals surface area (Å²) in [6.07, 6.45) is 8.49. The van der Waals surface area contributed by atoms with Crippen molar-refractivity contribution in [3.63, 3.8) is 0 Å². The van der Waals surface area contributed by atoms with Crippen LogP contribution >= 0.6 is 0 Å². The number of nitrogens with zero attached hydrogens (tertiary/aromatic N) is 2. The minimum absolute atomic E-state index is 0.177. The first-order chi connectivity index (χ1) is 12.8. The van der Waals surface area contributed by atoms with Crippen LogP contribution in [0.15, 0.2) is 4.99 Å². The first kappa shape index (κ1) is 20.9. The predicted molar refractivity (Wildman–Crippen MR) is 110 cm³/mol. The van der Waals surface area contributed by atoms with E-state index in [2.05, 4.69) is 17.1 Å². The van der Waals surface area contributed by atoms with E-state index in [0.29, 0.717) is 19.6 Å². The molecular weight excluding hydrogens is 362 g/mol. The van der Waals surface area contributed by atoms with Crippen LogP contribution in [0.5, 0.6) is 0 Å². The fourth-order valence-electron chi connectivity index (χ4n) is 5.07. The van der Waals surface area contributed by atoms with E-state index < -0.39 is 14.6 Å². The Balaban J connectivity index is 1.78. The molecular formula is C20H37N3O3S. The normalized spacial score (nSPS) is 33.8. The number of hydrogen-bond donors (Lipinski definition) is 2. The molecule has 0 bridgehead atoms. The van der Waals surface area contributed by atoms with E-state index in [0.717, 1.165) is 70.3 Å². The number of aliphatic hydroxyl groups excluding tert-OH is 1. The highest BCUT2D eigenvalue weighted by atomic mass is 32.2. The van der Waals surface area contributed by atoms with Gasteiger partial charge in [-0.3, -0.25) is 4.99 Å². The van der Waals surface area contributed by atoms with Crippen molar-refractivity contribution in [2.75, 3.05) is 31.9 Å². The van der Waals surface area contributed by atoms with Gasteiger partial charge in [0.25, 0.3) is 0 Å². The molecule has 0 radical (unpaired) electrons. The molecule has 1 heterocycles. The molecule has 7 heteroatoms. The van der Waals surface area contributed by atoms with Crippen LogP contribution in [0.1, 0.15) is 71.6 Å². The van der Waals surface area contributed by atoms with E-state index in [4.69, 9.17) is 4.99 Å². The number of guanidine groups is 1. The van der Waals surface area contributed by atoms with Crippen molar-refractivity contribution in [1.82, 2.24) is 10.2 Å². The Morgan fingerprint density at radius 2 is 1.89 bits per heavy atom. The van der Waals surface area contributed by atoms with Gasteiger partial charge in [0.1, 0.15) is 0 Å². The van der Waals surface area contributed by atoms with Gasteiger partial charge in [-0.2, -0.15) is 0 Å². The van der Waals surface area contributed by atoms with Gasteiger partial charge in [0.2, 0.25) is 0 Å². The minimum atomic E-state index is -3.05. The summed E-state index contributed by atoms with van der Waals surface area (Å²) in [6.45, 7) is 6.59. The van der Waals surface area contributed by atoms with E-state index in [9.17, 15) is 13.5 Å². The summed E-state index contributed by atoms with van der Waals surface area (Å²) in [5, 5.41) is 13.8. The van der Waals surface area contributed by atoms with Gasteiger partial charge in [-0.1, -0.05) is 39.0 Å². The predicted octanol–water partition coefficient (Wildman–Crippen LogP) is 2.33. The molecule has 156 valence electrons. The number of sulfone groups is 1. The van der Waals surface area contributed by atoms with E-state index in [-0.39, 0.29) is 17.3 Å². The van der Waals surface area contributed by atoms with Gasteiger partial charge in [-0.25, -0.2) is 8.42 Å². The Kier molecular flexibility index (Phi) is 6.41. The SMILES string of the molecule is CCNC(=NCC1(C)CCCCC1O)N1CCS(=O)(=O)C2(CCCCC2)C1. The molecule has 6 nitrogen and oxygen atoms in total. The lowest BCUT2D eigenvalue weighted by Gasteiger charge is -2.45. The smallest absolute Gasteiger partial charge is 0.194 e. The maximum atomic E-state index is 12.9. The monoisotopic (exact) mass is 399 g/mol. The van der Waals surface area contributed by atoms with Crippen LogP contribution < -0.4 is 5.32 Å². The molecule has 3 rings (SSSR count). The van der Waals surface area contributed by atoms with E-state index >= 15 is 0 Å². The zero-order chi connectivity index (χ0) is 19.5. The molecule has 0 amide bonds. The van der Waals surface area contributed by atoms with Crippen LogP contribution in [0.25, 0.3) is 0 Å². The van der Waals surface area contributed by atoms with Gasteiger partial charge in [0.05, 0.1) is 23.1 Å². The molecule has 1 saturated heterocycles. The third kappa shape index (κ3) is 4.29. The van der Waals surface area contributed by atoms with Crippen LogP contribution in [-0.2, 0) is 9.84 Å². The molecule has 2 unspecified atom stereocenters. The van der Waals surface area contributed by atoms with Crippen LogP contribution in [-0.4, -0.2) is 67.2 Å². The van der Waals surface area contributed by atoms with E-state index in [1.807, 2.05) is 6.92 Å². The van der Waals surface area contributed by atoms with E-state index in [1.165, 1.54) is 0 Å². The third-order valence-corrected chi connectivity index (χ3v) is 9.61. The lowest BCUT2D eigenvalue weighted by Crippen LogP contribution is -2.60. The topological polar surface area (TPSA) is 82.0 Å². The van der Waals surface area contributed by atoms with Crippen LogP contribution in [0, 0.1) is 5.41 Å². The Labute approximate surface area is 164 Å². The van der Waals surface area contributed by atoms with Crippen molar-refractivity contribution in [1.29, 1.82) is 0 Å². The van der Waals surface area contributed by atoms with Crippen molar-refractivity contribution in [3.05, 3.63) is 0 Å². The standard InChI is InChI=1S/C20H37N3O3S/c1-3-21-18(22-15-19(2)10-8-5-9-17(19)24)23-13-14-27(25,26)20(16-23)11-6-4-7-12-20/h17,24H,3-16H2,1-2H3,(H,21,22). The molecule has 27 heavy (non-hydrogen) atoms. The highest BCUT2D eigenvalue weighted by Gasteiger charge is 2.49. The average molecular weight is 400 g/mol. The Bertz CT molecular complexity index is 643. The quantitative estimate of drug-likeness (QED) is 0.562. The summed E-state index contributed by atoms with van der Waals surface area (Å²) in [4.78, 5) is 7.05. The summed E-state index contributed by atoms with van der Waals surface area (Å²) < 4.78 is 25.1. The first-order valence-corrected chi connectivity index (χ1v) is 12.4. The van der Waals surface area contributed by atoms with Crippen LogP contribution in [0.4, 0.5) is 0 Å². The van der Waals surface area contributed by atoms with Crippen molar-refractivity contribution in [2.45, 2.75) is 82.5 Å². The fraction of sp³-hybridized carbons (Fsp3) is 0.950. The molecule has 0 aromatic heterocycles. The maximum absolute atomic E-state index is 12.9. The maximum Gasteiger partial charge on any atom is 0.194 e. The number of rotatable bonds is 3. The Morgan fingerprint density at radius 1 is 1.19 bits per heavy atom. The van der Waals surface area contributed by atoms with Crippen molar-refractivity contribution >= 4 is 15.8 Å². The molecule has 1 aliphatic heterocycles. The molecule has 2 aliphatic carbocycles. The second kappa shape index (κ2) is 8.27. The fourth-order valence-corrected chi connectivity index (χ4v) is 7.22. The molecule has 2 N–H and O–H groups in total. The zero-order valence-corrected chi connectivity index (χ0v) is 17.9. The molecule has 3 aliphatic rings. The molecule has 2 atom stereocenters. The molecule has 0 aromatic carbocycles. The van der Waals surface area contributed by atoms with Gasteiger partial charge >= 0.3 is 0 Å². The number of aliphatic imine (C=N–C) groups is 1. The molecule has 1 spiro atoms. The summed E-state index contributed by atoms with van der Waals surface area (Å²) >= 11 is 0. The Hall–Kier alpha value is -0.820. The van der Waals surface area contributed by atoms with Crippen LogP contribution in [0.3, 0.4) is 0 Å². The van der Waals surface area contributed by atoms with Gasteiger partial charge in [-0.05, 0) is 32.6 Å². The second-order valence-electron chi connectivity index (χ2n) is 9.07. The lowest BCUT2D eigenvalue weighted by atomic mass is 9.73. The van der Waals surface area contributed by atoms with Crippen molar-refractivity contribution in [3.8, 4) is 0 Å². The third-order valence-electron chi connectivity index (χ3n) is 7.04. The molecule has 3 fully saturated rings.